The van der Waals surface area contributed by atoms with Gasteiger partial charge in [-0.3, -0.25) is 0 Å². The monoisotopic (exact) mass is 527 g/mol. The summed E-state index contributed by atoms with van der Waals surface area (Å²) in [6.07, 6.45) is 4.60. The highest BCUT2D eigenvalue weighted by molar-refractivity contribution is 6.13. The molecule has 1 aliphatic heterocycles. The number of rotatable bonds is 11. The molecule has 0 aliphatic carbocycles. The zero-order valence-corrected chi connectivity index (χ0v) is 22.0. The van der Waals surface area contributed by atoms with Gasteiger partial charge in [0.1, 0.15) is 0 Å². The fraction of sp³-hybridized carbons (Fsp3) is 0.194. The van der Waals surface area contributed by atoms with Crippen LogP contribution >= 0.6 is 0 Å². The molecule has 0 spiro atoms. The molecule has 8 heteroatoms. The van der Waals surface area contributed by atoms with Crippen LogP contribution in [0.1, 0.15) is 37.5 Å². The average Bonchev–Trinajstić information content (AvgIpc) is 3.30. The standard InChI is InChI=1S/C31H29NO7/c1-4-35-25-16-14-23(20-28(25)37-6-3)30-32-24(31(34)39-30)18-22-12-15-26(27(19-22)36-5-2)38-29(33)17-13-21-10-8-7-9-11-21/h7-20H,4-6H2,1-3H3/b17-13+,24-18-. The maximum Gasteiger partial charge on any atom is 0.363 e. The number of esters is 2. The molecule has 4 rings (SSSR count). The molecule has 1 aliphatic rings. The lowest BCUT2D eigenvalue weighted by molar-refractivity contribution is -0.130. The maximum absolute atomic E-state index is 12.6. The quantitative estimate of drug-likeness (QED) is 0.176. The van der Waals surface area contributed by atoms with Crippen molar-refractivity contribution in [1.82, 2.24) is 0 Å². The number of carbonyl (C=O) groups is 2. The molecule has 200 valence electrons. The topological polar surface area (TPSA) is 92.7 Å². The van der Waals surface area contributed by atoms with E-state index >= 15 is 0 Å². The van der Waals surface area contributed by atoms with Gasteiger partial charge in [-0.05, 0) is 74.4 Å². The first-order valence-corrected chi connectivity index (χ1v) is 12.6. The highest BCUT2D eigenvalue weighted by Gasteiger charge is 2.25. The minimum Gasteiger partial charge on any atom is -0.490 e. The summed E-state index contributed by atoms with van der Waals surface area (Å²) in [5.74, 6) is 0.796. The Hall–Kier alpha value is -4.85. The van der Waals surface area contributed by atoms with Gasteiger partial charge in [0.25, 0.3) is 0 Å². The molecule has 8 nitrogen and oxygen atoms in total. The minimum absolute atomic E-state index is 0.120. The van der Waals surface area contributed by atoms with Crippen molar-refractivity contribution in [2.75, 3.05) is 19.8 Å². The van der Waals surface area contributed by atoms with Crippen LogP contribution in [0.4, 0.5) is 0 Å². The number of cyclic esters (lactones) is 1. The lowest BCUT2D eigenvalue weighted by Gasteiger charge is -2.11. The van der Waals surface area contributed by atoms with Gasteiger partial charge in [-0.1, -0.05) is 36.4 Å². The van der Waals surface area contributed by atoms with Gasteiger partial charge in [0.2, 0.25) is 5.90 Å². The van der Waals surface area contributed by atoms with E-state index in [-0.39, 0.29) is 17.3 Å². The zero-order valence-electron chi connectivity index (χ0n) is 22.0. The maximum atomic E-state index is 12.6. The highest BCUT2D eigenvalue weighted by Crippen LogP contribution is 2.32. The normalized spacial score (nSPS) is 13.8. The summed E-state index contributed by atoms with van der Waals surface area (Å²) in [7, 11) is 0. The Morgan fingerprint density at radius 1 is 0.795 bits per heavy atom. The smallest absolute Gasteiger partial charge is 0.363 e. The minimum atomic E-state index is -0.587. The second-order valence-electron chi connectivity index (χ2n) is 8.17. The van der Waals surface area contributed by atoms with E-state index in [1.54, 1.807) is 48.6 Å². The Bertz CT molecular complexity index is 1420. The van der Waals surface area contributed by atoms with Crippen LogP contribution in [-0.2, 0) is 14.3 Å². The van der Waals surface area contributed by atoms with Gasteiger partial charge in [-0.25, -0.2) is 14.6 Å². The molecule has 3 aromatic rings. The molecular weight excluding hydrogens is 498 g/mol. The van der Waals surface area contributed by atoms with E-state index in [1.165, 1.54) is 6.08 Å². The molecule has 0 saturated carbocycles. The predicted octanol–water partition coefficient (Wildman–Crippen LogP) is 5.85. The van der Waals surface area contributed by atoms with E-state index < -0.39 is 11.9 Å². The number of carbonyl (C=O) groups excluding carboxylic acids is 2. The van der Waals surface area contributed by atoms with E-state index in [0.29, 0.717) is 48.2 Å². The van der Waals surface area contributed by atoms with Crippen LogP contribution in [0.2, 0.25) is 0 Å². The van der Waals surface area contributed by atoms with Crippen LogP contribution in [0.3, 0.4) is 0 Å². The van der Waals surface area contributed by atoms with Crippen molar-refractivity contribution < 1.29 is 33.3 Å². The number of benzene rings is 3. The summed E-state index contributed by atoms with van der Waals surface area (Å²) >= 11 is 0. The van der Waals surface area contributed by atoms with Crippen LogP contribution in [0.5, 0.6) is 23.0 Å². The van der Waals surface area contributed by atoms with E-state index in [1.807, 2.05) is 51.1 Å². The van der Waals surface area contributed by atoms with Crippen LogP contribution in [-0.4, -0.2) is 37.7 Å². The predicted molar refractivity (Wildman–Crippen MR) is 148 cm³/mol. The van der Waals surface area contributed by atoms with Gasteiger partial charge in [0.05, 0.1) is 19.8 Å². The van der Waals surface area contributed by atoms with Gasteiger partial charge >= 0.3 is 11.9 Å². The van der Waals surface area contributed by atoms with Crippen LogP contribution < -0.4 is 18.9 Å². The van der Waals surface area contributed by atoms with Gasteiger partial charge in [-0.15, -0.1) is 0 Å². The zero-order chi connectivity index (χ0) is 27.6. The molecule has 0 saturated heterocycles. The van der Waals surface area contributed by atoms with Crippen molar-refractivity contribution in [2.24, 2.45) is 4.99 Å². The number of hydrogen-bond acceptors (Lipinski definition) is 8. The Balaban J connectivity index is 1.54. The summed E-state index contributed by atoms with van der Waals surface area (Å²) in [6.45, 7) is 6.89. The second-order valence-corrected chi connectivity index (χ2v) is 8.17. The molecule has 3 aromatic carbocycles. The van der Waals surface area contributed by atoms with Crippen LogP contribution in [0.25, 0.3) is 12.2 Å². The van der Waals surface area contributed by atoms with Crippen molar-refractivity contribution in [3.8, 4) is 23.0 Å². The van der Waals surface area contributed by atoms with Crippen molar-refractivity contribution in [3.05, 3.63) is 95.2 Å². The van der Waals surface area contributed by atoms with Gasteiger partial charge in [0, 0.05) is 11.6 Å². The van der Waals surface area contributed by atoms with E-state index in [4.69, 9.17) is 23.7 Å². The molecule has 0 aromatic heterocycles. The fourth-order valence-electron chi connectivity index (χ4n) is 3.71. The molecule has 39 heavy (non-hydrogen) atoms. The number of hydrogen-bond donors (Lipinski definition) is 0. The van der Waals surface area contributed by atoms with Crippen LogP contribution in [0, 0.1) is 0 Å². The fourth-order valence-corrected chi connectivity index (χ4v) is 3.71. The van der Waals surface area contributed by atoms with Gasteiger partial charge in [0.15, 0.2) is 28.7 Å². The molecule has 0 atom stereocenters. The number of nitrogens with zero attached hydrogens (tertiary/aromatic N) is 1. The van der Waals surface area contributed by atoms with E-state index in [9.17, 15) is 9.59 Å². The number of aliphatic imine (C=N–C) groups is 1. The summed E-state index contributed by atoms with van der Waals surface area (Å²) in [4.78, 5) is 29.3. The Morgan fingerprint density at radius 2 is 1.46 bits per heavy atom. The van der Waals surface area contributed by atoms with E-state index in [0.717, 1.165) is 5.56 Å². The third-order valence-corrected chi connectivity index (χ3v) is 5.40. The lowest BCUT2D eigenvalue weighted by Crippen LogP contribution is -2.07. The van der Waals surface area contributed by atoms with Crippen molar-refractivity contribution >= 4 is 30.0 Å². The summed E-state index contributed by atoms with van der Waals surface area (Å²) in [5, 5.41) is 0. The molecule has 0 fully saturated rings. The molecule has 0 unspecified atom stereocenters. The first-order chi connectivity index (χ1) is 19.0. The van der Waals surface area contributed by atoms with Crippen molar-refractivity contribution in [1.29, 1.82) is 0 Å². The highest BCUT2D eigenvalue weighted by atomic mass is 16.6. The lowest BCUT2D eigenvalue weighted by atomic mass is 10.1. The van der Waals surface area contributed by atoms with Crippen LogP contribution in [0.15, 0.2) is 83.5 Å². The Kier molecular flexibility index (Phi) is 9.13. The molecule has 0 amide bonds. The van der Waals surface area contributed by atoms with Gasteiger partial charge in [-0.2, -0.15) is 0 Å². The van der Waals surface area contributed by atoms with Crippen molar-refractivity contribution in [3.63, 3.8) is 0 Å². The summed E-state index contributed by atoms with van der Waals surface area (Å²) < 4.78 is 27.8. The Labute approximate surface area is 227 Å². The molecular formula is C31H29NO7. The second kappa shape index (κ2) is 13.1. The third kappa shape index (κ3) is 7.13. The first-order valence-electron chi connectivity index (χ1n) is 12.6. The summed E-state index contributed by atoms with van der Waals surface area (Å²) in [5.41, 5.74) is 2.20. The van der Waals surface area contributed by atoms with E-state index in [2.05, 4.69) is 4.99 Å². The first kappa shape index (κ1) is 27.2. The molecule has 1 heterocycles. The summed E-state index contributed by atoms with van der Waals surface area (Å²) in [6, 6.07) is 19.6. The average molecular weight is 528 g/mol. The third-order valence-electron chi connectivity index (χ3n) is 5.40. The number of ether oxygens (including phenoxy) is 5. The van der Waals surface area contributed by atoms with Gasteiger partial charge < -0.3 is 23.7 Å². The largest absolute Gasteiger partial charge is 0.490 e. The molecule has 0 radical (unpaired) electrons. The molecule has 0 N–H and O–H groups in total. The Morgan fingerprint density at radius 3 is 2.18 bits per heavy atom. The molecule has 0 bridgehead atoms. The SMILES string of the molecule is CCOc1ccc(C2=N/C(=C\c3ccc(OC(=O)/C=C/c4ccccc4)c(OCC)c3)C(=O)O2)cc1OCC. The van der Waals surface area contributed by atoms with Crippen molar-refractivity contribution in [2.45, 2.75) is 20.8 Å².